The Hall–Kier alpha value is -0.600. The van der Waals surface area contributed by atoms with Gasteiger partial charge in [-0.2, -0.15) is 0 Å². The minimum atomic E-state index is -0.604. The van der Waals surface area contributed by atoms with E-state index in [0.29, 0.717) is 0 Å². The summed E-state index contributed by atoms with van der Waals surface area (Å²) in [7, 11) is 0. The van der Waals surface area contributed by atoms with Gasteiger partial charge in [-0.25, -0.2) is 4.39 Å². The SMILES string of the molecule is O=C(CCl)c1ccc(Cl)c(F)c1. The topological polar surface area (TPSA) is 17.1 Å². The highest BCUT2D eigenvalue weighted by molar-refractivity contribution is 6.32. The van der Waals surface area contributed by atoms with Crippen molar-refractivity contribution in [2.75, 3.05) is 5.88 Å². The van der Waals surface area contributed by atoms with E-state index in [1.165, 1.54) is 12.1 Å². The van der Waals surface area contributed by atoms with Crippen LogP contribution in [0.4, 0.5) is 4.39 Å². The number of carbonyl (C=O) groups is 1. The molecular weight excluding hydrogens is 202 g/mol. The lowest BCUT2D eigenvalue weighted by Gasteiger charge is -1.97. The molecule has 0 aliphatic heterocycles. The van der Waals surface area contributed by atoms with E-state index in [0.717, 1.165) is 6.07 Å². The van der Waals surface area contributed by atoms with E-state index in [1.807, 2.05) is 0 Å². The smallest absolute Gasteiger partial charge is 0.177 e. The molecule has 0 saturated carbocycles. The first-order chi connectivity index (χ1) is 5.65. The molecule has 4 heteroatoms. The summed E-state index contributed by atoms with van der Waals surface area (Å²) in [5.74, 6) is -1.07. The molecule has 0 fully saturated rings. The first-order valence-corrected chi connectivity index (χ1v) is 4.10. The van der Waals surface area contributed by atoms with E-state index in [2.05, 4.69) is 0 Å². The van der Waals surface area contributed by atoms with Crippen LogP contribution in [0.5, 0.6) is 0 Å². The Balaban J connectivity index is 3.05. The van der Waals surface area contributed by atoms with Gasteiger partial charge in [-0.15, -0.1) is 11.6 Å². The van der Waals surface area contributed by atoms with Crippen LogP contribution in [0.15, 0.2) is 18.2 Å². The molecular formula is C8H5Cl2FO. The van der Waals surface area contributed by atoms with Crippen molar-refractivity contribution in [3.05, 3.63) is 34.6 Å². The zero-order chi connectivity index (χ0) is 9.14. The number of halogens is 3. The largest absolute Gasteiger partial charge is 0.293 e. The Labute approximate surface area is 79.1 Å². The summed E-state index contributed by atoms with van der Waals surface area (Å²) in [6, 6.07) is 3.85. The molecule has 1 rings (SSSR count). The number of carbonyl (C=O) groups excluding carboxylic acids is 1. The van der Waals surface area contributed by atoms with E-state index < -0.39 is 5.82 Å². The molecule has 64 valence electrons. The van der Waals surface area contributed by atoms with Gasteiger partial charge < -0.3 is 0 Å². The normalized spacial score (nSPS) is 9.92. The van der Waals surface area contributed by atoms with E-state index in [9.17, 15) is 9.18 Å². The monoisotopic (exact) mass is 206 g/mol. The van der Waals surface area contributed by atoms with Crippen molar-refractivity contribution in [2.24, 2.45) is 0 Å². The summed E-state index contributed by atoms with van der Waals surface area (Å²) in [5, 5.41) is 0.00104. The van der Waals surface area contributed by atoms with Crippen molar-refractivity contribution < 1.29 is 9.18 Å². The fraction of sp³-hybridized carbons (Fsp3) is 0.125. The van der Waals surface area contributed by atoms with Gasteiger partial charge in [0, 0.05) is 5.56 Å². The van der Waals surface area contributed by atoms with Crippen LogP contribution in [0.1, 0.15) is 10.4 Å². The number of rotatable bonds is 2. The molecule has 1 nitrogen and oxygen atoms in total. The average molecular weight is 207 g/mol. The van der Waals surface area contributed by atoms with Crippen molar-refractivity contribution in [1.29, 1.82) is 0 Å². The van der Waals surface area contributed by atoms with Crippen LogP contribution < -0.4 is 0 Å². The molecule has 0 unspecified atom stereocenters. The lowest BCUT2D eigenvalue weighted by Crippen LogP contribution is -2.00. The van der Waals surface area contributed by atoms with Gasteiger partial charge in [-0.3, -0.25) is 4.79 Å². The summed E-state index contributed by atoms with van der Waals surface area (Å²) in [6.07, 6.45) is 0. The maximum absolute atomic E-state index is 12.7. The maximum atomic E-state index is 12.7. The lowest BCUT2D eigenvalue weighted by molar-refractivity contribution is 0.102. The Morgan fingerprint density at radius 3 is 2.67 bits per heavy atom. The number of alkyl halides is 1. The zero-order valence-corrected chi connectivity index (χ0v) is 7.49. The second kappa shape index (κ2) is 3.87. The number of hydrogen-bond donors (Lipinski definition) is 0. The van der Waals surface area contributed by atoms with E-state index >= 15 is 0 Å². The standard InChI is InChI=1S/C8H5Cl2FO/c9-4-8(12)5-1-2-6(10)7(11)3-5/h1-3H,4H2. The highest BCUT2D eigenvalue weighted by atomic mass is 35.5. The van der Waals surface area contributed by atoms with Gasteiger partial charge in [0.2, 0.25) is 0 Å². The minimum Gasteiger partial charge on any atom is -0.293 e. The number of ketones is 1. The third kappa shape index (κ3) is 1.96. The van der Waals surface area contributed by atoms with E-state index in [-0.39, 0.29) is 22.2 Å². The number of Topliss-reactive ketones (excluding diaryl/α,β-unsaturated/α-hetero) is 1. The van der Waals surface area contributed by atoms with E-state index in [4.69, 9.17) is 23.2 Å². The van der Waals surface area contributed by atoms with Gasteiger partial charge in [-0.05, 0) is 18.2 Å². The molecule has 0 aliphatic carbocycles. The zero-order valence-electron chi connectivity index (χ0n) is 5.98. The number of benzene rings is 1. The molecule has 0 amide bonds. The molecule has 0 aliphatic rings. The maximum Gasteiger partial charge on any atom is 0.177 e. The Bertz CT molecular complexity index is 312. The summed E-state index contributed by atoms with van der Waals surface area (Å²) in [4.78, 5) is 10.9. The van der Waals surface area contributed by atoms with Crippen LogP contribution in [-0.2, 0) is 0 Å². The Kier molecular flexibility index (Phi) is 3.06. The Morgan fingerprint density at radius 1 is 1.50 bits per heavy atom. The molecule has 12 heavy (non-hydrogen) atoms. The van der Waals surface area contributed by atoms with Crippen LogP contribution in [0.3, 0.4) is 0 Å². The van der Waals surface area contributed by atoms with E-state index in [1.54, 1.807) is 0 Å². The highest BCUT2D eigenvalue weighted by Gasteiger charge is 2.06. The molecule has 0 heterocycles. The summed E-state index contributed by atoms with van der Waals surface area (Å²) in [6.45, 7) is 0. The summed E-state index contributed by atoms with van der Waals surface area (Å²) < 4.78 is 12.7. The van der Waals surface area contributed by atoms with Gasteiger partial charge in [-0.1, -0.05) is 11.6 Å². The second-order valence-electron chi connectivity index (χ2n) is 2.19. The molecule has 0 N–H and O–H groups in total. The van der Waals surface area contributed by atoms with Crippen LogP contribution in [0.25, 0.3) is 0 Å². The predicted molar refractivity (Wildman–Crippen MR) is 46.5 cm³/mol. The first-order valence-electron chi connectivity index (χ1n) is 3.19. The van der Waals surface area contributed by atoms with Gasteiger partial charge in [0.25, 0.3) is 0 Å². The van der Waals surface area contributed by atoms with Crippen LogP contribution in [0.2, 0.25) is 5.02 Å². The van der Waals surface area contributed by atoms with Crippen molar-refractivity contribution in [3.8, 4) is 0 Å². The quantitative estimate of drug-likeness (QED) is 0.538. The molecule has 1 aromatic rings. The number of hydrogen-bond acceptors (Lipinski definition) is 1. The average Bonchev–Trinajstić information content (AvgIpc) is 2.08. The van der Waals surface area contributed by atoms with Crippen molar-refractivity contribution >= 4 is 29.0 Å². The predicted octanol–water partition coefficient (Wildman–Crippen LogP) is 2.90. The first kappa shape index (κ1) is 9.49. The van der Waals surface area contributed by atoms with Gasteiger partial charge in [0.05, 0.1) is 10.9 Å². The van der Waals surface area contributed by atoms with Crippen molar-refractivity contribution in [1.82, 2.24) is 0 Å². The Morgan fingerprint density at radius 2 is 2.17 bits per heavy atom. The van der Waals surface area contributed by atoms with Crippen LogP contribution >= 0.6 is 23.2 Å². The molecule has 0 aromatic heterocycles. The van der Waals surface area contributed by atoms with Gasteiger partial charge >= 0.3 is 0 Å². The second-order valence-corrected chi connectivity index (χ2v) is 2.86. The van der Waals surface area contributed by atoms with Crippen molar-refractivity contribution in [3.63, 3.8) is 0 Å². The third-order valence-corrected chi connectivity index (χ3v) is 1.91. The van der Waals surface area contributed by atoms with Crippen molar-refractivity contribution in [2.45, 2.75) is 0 Å². The highest BCUT2D eigenvalue weighted by Crippen LogP contribution is 2.15. The molecule has 0 saturated heterocycles. The molecule has 0 atom stereocenters. The third-order valence-electron chi connectivity index (χ3n) is 1.36. The molecule has 0 radical (unpaired) electrons. The summed E-state index contributed by atoms with van der Waals surface area (Å²) >= 11 is 10.7. The molecule has 0 bridgehead atoms. The fourth-order valence-corrected chi connectivity index (χ4v) is 1.02. The van der Waals surface area contributed by atoms with Gasteiger partial charge in [0.1, 0.15) is 5.82 Å². The summed E-state index contributed by atoms with van der Waals surface area (Å²) in [5.41, 5.74) is 0.243. The fourth-order valence-electron chi connectivity index (χ4n) is 0.747. The molecule has 0 spiro atoms. The van der Waals surface area contributed by atoms with Gasteiger partial charge in [0.15, 0.2) is 5.78 Å². The van der Waals surface area contributed by atoms with Crippen LogP contribution in [-0.4, -0.2) is 11.7 Å². The van der Waals surface area contributed by atoms with Crippen LogP contribution in [0, 0.1) is 5.82 Å². The lowest BCUT2D eigenvalue weighted by atomic mass is 10.1. The minimum absolute atomic E-state index is 0.00104. The molecule has 1 aromatic carbocycles.